The lowest BCUT2D eigenvalue weighted by Gasteiger charge is -2.03. The maximum absolute atomic E-state index is 12.6. The van der Waals surface area contributed by atoms with E-state index < -0.39 is 0 Å². The summed E-state index contributed by atoms with van der Waals surface area (Å²) < 4.78 is 10.2. The van der Waals surface area contributed by atoms with Crippen LogP contribution in [-0.2, 0) is 4.79 Å². The molecule has 1 saturated carbocycles. The van der Waals surface area contributed by atoms with Crippen molar-refractivity contribution in [1.29, 1.82) is 0 Å². The molecule has 0 aromatic heterocycles. The average molecular weight is 404 g/mol. The quantitative estimate of drug-likeness (QED) is 0.659. The number of carbonyl (C=O) groups excluding carboxylic acids is 1. The van der Waals surface area contributed by atoms with Crippen molar-refractivity contribution in [1.82, 2.24) is 0 Å². The van der Waals surface area contributed by atoms with E-state index in [4.69, 9.17) is 9.47 Å². The second-order valence-electron chi connectivity index (χ2n) is 6.79. The minimum absolute atomic E-state index is 0.0517. The van der Waals surface area contributed by atoms with Crippen molar-refractivity contribution < 1.29 is 24.5 Å². The Hall–Kier alpha value is -3.73. The van der Waals surface area contributed by atoms with Gasteiger partial charge in [-0.3, -0.25) is 4.79 Å². The summed E-state index contributed by atoms with van der Waals surface area (Å²) in [5, 5.41) is 19.3. The SMILES string of the molecule is COc1cc(/C=C\C=C2/CC/C(=C\C=C\c3ccc(O)c(OC)c3)C2=O)ccc1O. The maximum atomic E-state index is 12.6. The van der Waals surface area contributed by atoms with Gasteiger partial charge in [0.2, 0.25) is 0 Å². The number of carbonyl (C=O) groups is 1. The maximum Gasteiger partial charge on any atom is 0.185 e. The summed E-state index contributed by atoms with van der Waals surface area (Å²) >= 11 is 0. The number of allylic oxidation sites excluding steroid dienone is 6. The molecular formula is C25H24O5. The summed E-state index contributed by atoms with van der Waals surface area (Å²) in [5.74, 6) is 1.05. The van der Waals surface area contributed by atoms with Gasteiger partial charge in [0.1, 0.15) is 0 Å². The molecule has 1 aliphatic carbocycles. The Morgan fingerprint density at radius 1 is 0.767 bits per heavy atom. The van der Waals surface area contributed by atoms with Gasteiger partial charge in [-0.1, -0.05) is 48.6 Å². The number of hydrogen-bond acceptors (Lipinski definition) is 5. The van der Waals surface area contributed by atoms with Crippen LogP contribution in [0.3, 0.4) is 0 Å². The highest BCUT2D eigenvalue weighted by Crippen LogP contribution is 2.29. The van der Waals surface area contributed by atoms with Crippen molar-refractivity contribution in [3.63, 3.8) is 0 Å². The number of aromatic hydroxyl groups is 2. The zero-order chi connectivity index (χ0) is 21.5. The first-order valence-corrected chi connectivity index (χ1v) is 9.55. The Morgan fingerprint density at radius 3 is 1.60 bits per heavy atom. The van der Waals surface area contributed by atoms with E-state index in [0.717, 1.165) is 22.3 Å². The van der Waals surface area contributed by atoms with Crippen LogP contribution >= 0.6 is 0 Å². The van der Waals surface area contributed by atoms with E-state index in [-0.39, 0.29) is 17.3 Å². The molecular weight excluding hydrogens is 380 g/mol. The fourth-order valence-electron chi connectivity index (χ4n) is 3.17. The van der Waals surface area contributed by atoms with Crippen molar-refractivity contribution in [2.75, 3.05) is 14.2 Å². The molecule has 30 heavy (non-hydrogen) atoms. The number of phenols is 2. The number of ketones is 1. The van der Waals surface area contributed by atoms with Crippen LogP contribution in [0.25, 0.3) is 12.2 Å². The van der Waals surface area contributed by atoms with Gasteiger partial charge in [-0.05, 0) is 48.2 Å². The summed E-state index contributed by atoms with van der Waals surface area (Å²) in [4.78, 5) is 12.6. The predicted octanol–water partition coefficient (Wildman–Crippen LogP) is 5.06. The molecule has 0 amide bonds. The van der Waals surface area contributed by atoms with Gasteiger partial charge in [0.15, 0.2) is 28.8 Å². The lowest BCUT2D eigenvalue weighted by Crippen LogP contribution is -1.94. The van der Waals surface area contributed by atoms with Crippen LogP contribution in [0.15, 0.2) is 71.8 Å². The second-order valence-corrected chi connectivity index (χ2v) is 6.79. The van der Waals surface area contributed by atoms with E-state index in [1.54, 1.807) is 36.4 Å². The van der Waals surface area contributed by atoms with Crippen LogP contribution < -0.4 is 9.47 Å². The van der Waals surface area contributed by atoms with Gasteiger partial charge in [0, 0.05) is 11.1 Å². The van der Waals surface area contributed by atoms with Gasteiger partial charge in [-0.15, -0.1) is 0 Å². The molecule has 0 unspecified atom stereocenters. The van der Waals surface area contributed by atoms with Crippen LogP contribution in [0, 0.1) is 0 Å². The zero-order valence-electron chi connectivity index (χ0n) is 17.0. The molecule has 0 heterocycles. The van der Waals surface area contributed by atoms with Crippen molar-refractivity contribution in [3.8, 4) is 23.0 Å². The van der Waals surface area contributed by atoms with Gasteiger partial charge < -0.3 is 19.7 Å². The molecule has 0 atom stereocenters. The third-order valence-corrected chi connectivity index (χ3v) is 4.83. The molecule has 0 aliphatic heterocycles. The van der Waals surface area contributed by atoms with Crippen LogP contribution in [0.4, 0.5) is 0 Å². The fraction of sp³-hybridized carbons (Fsp3) is 0.160. The van der Waals surface area contributed by atoms with Gasteiger partial charge >= 0.3 is 0 Å². The number of ether oxygens (including phenoxy) is 2. The fourth-order valence-corrected chi connectivity index (χ4v) is 3.17. The highest BCUT2D eigenvalue weighted by Gasteiger charge is 2.21. The Bertz CT molecular complexity index is 974. The molecule has 5 nitrogen and oxygen atoms in total. The Labute approximate surface area is 175 Å². The summed E-state index contributed by atoms with van der Waals surface area (Å²) in [5.41, 5.74) is 3.27. The smallest absolute Gasteiger partial charge is 0.185 e. The van der Waals surface area contributed by atoms with E-state index in [1.807, 2.05) is 36.5 Å². The van der Waals surface area contributed by atoms with Crippen molar-refractivity contribution in [2.24, 2.45) is 0 Å². The Morgan fingerprint density at radius 2 is 1.20 bits per heavy atom. The minimum atomic E-state index is 0.0517. The molecule has 5 heteroatoms. The first-order chi connectivity index (χ1) is 14.5. The normalized spacial score (nSPS) is 16.9. The number of Topliss-reactive ketones (excluding diaryl/α,β-unsaturated/α-hetero) is 1. The molecule has 2 aromatic carbocycles. The molecule has 1 fully saturated rings. The van der Waals surface area contributed by atoms with Crippen LogP contribution in [-0.4, -0.2) is 30.2 Å². The number of phenolic OH excluding ortho intramolecular Hbond substituents is 2. The topological polar surface area (TPSA) is 76.0 Å². The first kappa shape index (κ1) is 21.0. The van der Waals surface area contributed by atoms with E-state index >= 15 is 0 Å². The first-order valence-electron chi connectivity index (χ1n) is 9.55. The van der Waals surface area contributed by atoms with Gasteiger partial charge in [-0.25, -0.2) is 0 Å². The molecule has 154 valence electrons. The van der Waals surface area contributed by atoms with E-state index in [9.17, 15) is 15.0 Å². The number of methoxy groups -OCH3 is 2. The van der Waals surface area contributed by atoms with E-state index in [1.165, 1.54) is 14.2 Å². The molecule has 1 aliphatic rings. The highest BCUT2D eigenvalue weighted by molar-refractivity contribution is 6.11. The van der Waals surface area contributed by atoms with E-state index in [0.29, 0.717) is 24.3 Å². The molecule has 2 N–H and O–H groups in total. The number of hydrogen-bond donors (Lipinski definition) is 2. The lowest BCUT2D eigenvalue weighted by atomic mass is 10.1. The summed E-state index contributed by atoms with van der Waals surface area (Å²) in [6.45, 7) is 0. The molecule has 0 spiro atoms. The highest BCUT2D eigenvalue weighted by atomic mass is 16.5. The number of rotatable bonds is 6. The standard InChI is InChI=1S/C25H24O5/c1-29-23-15-17(9-13-21(23)26)5-3-7-19-11-12-20(25(19)28)8-4-6-18-10-14-22(27)24(16-18)30-2/h3-10,13-16,26-27H,11-12H2,1-2H3/b5-3-,6-4+,19-7+,20-8+. The molecule has 0 radical (unpaired) electrons. The van der Waals surface area contributed by atoms with Gasteiger partial charge in [0.05, 0.1) is 14.2 Å². The van der Waals surface area contributed by atoms with E-state index in [2.05, 4.69) is 0 Å². The molecule has 0 bridgehead atoms. The van der Waals surface area contributed by atoms with Crippen molar-refractivity contribution >= 4 is 17.9 Å². The van der Waals surface area contributed by atoms with Crippen molar-refractivity contribution in [2.45, 2.75) is 12.8 Å². The molecule has 0 saturated heterocycles. The number of benzene rings is 2. The van der Waals surface area contributed by atoms with Gasteiger partial charge in [0.25, 0.3) is 0 Å². The Balaban J connectivity index is 1.66. The second kappa shape index (κ2) is 9.65. The third-order valence-electron chi connectivity index (χ3n) is 4.83. The third kappa shape index (κ3) is 5.00. The largest absolute Gasteiger partial charge is 0.504 e. The van der Waals surface area contributed by atoms with Gasteiger partial charge in [-0.2, -0.15) is 0 Å². The van der Waals surface area contributed by atoms with Crippen LogP contribution in [0.1, 0.15) is 24.0 Å². The molecule has 2 aromatic rings. The van der Waals surface area contributed by atoms with Crippen molar-refractivity contribution in [3.05, 3.63) is 83.0 Å². The minimum Gasteiger partial charge on any atom is -0.504 e. The summed E-state index contributed by atoms with van der Waals surface area (Å²) in [7, 11) is 3.00. The summed E-state index contributed by atoms with van der Waals surface area (Å²) in [6, 6.07) is 10.2. The Kier molecular flexibility index (Phi) is 6.75. The zero-order valence-corrected chi connectivity index (χ0v) is 17.0. The van der Waals surface area contributed by atoms with Crippen LogP contribution in [0.2, 0.25) is 0 Å². The van der Waals surface area contributed by atoms with Crippen LogP contribution in [0.5, 0.6) is 23.0 Å². The summed E-state index contributed by atoms with van der Waals surface area (Å²) in [6.07, 6.45) is 12.5. The predicted molar refractivity (Wildman–Crippen MR) is 118 cm³/mol. The average Bonchev–Trinajstić information content (AvgIpc) is 3.10. The molecule has 3 rings (SSSR count). The monoisotopic (exact) mass is 404 g/mol. The lowest BCUT2D eigenvalue weighted by molar-refractivity contribution is -0.111.